The maximum Gasteiger partial charge on any atom is 0.343 e. The Bertz CT molecular complexity index is 826. The van der Waals surface area contributed by atoms with Gasteiger partial charge in [-0.15, -0.1) is 6.58 Å². The van der Waals surface area contributed by atoms with Crippen molar-refractivity contribution in [1.29, 1.82) is 0 Å². The first-order chi connectivity index (χ1) is 12.6. The SMILES string of the molecule is C=CCN1C(=O)C(=O)N(CC(=O)NC(C)(C)c2nocc2C(=O)OC)C1=O. The van der Waals surface area contributed by atoms with Crippen LogP contribution in [0.5, 0.6) is 0 Å². The number of nitrogens with zero attached hydrogens (tertiary/aromatic N) is 3. The summed E-state index contributed by atoms with van der Waals surface area (Å²) < 4.78 is 9.40. The van der Waals surface area contributed by atoms with Crippen LogP contribution in [0.25, 0.3) is 0 Å². The molecule has 1 aromatic rings. The van der Waals surface area contributed by atoms with Crippen molar-refractivity contribution >= 4 is 29.7 Å². The van der Waals surface area contributed by atoms with E-state index in [-0.39, 0.29) is 17.8 Å². The van der Waals surface area contributed by atoms with E-state index in [1.165, 1.54) is 27.0 Å². The summed E-state index contributed by atoms with van der Waals surface area (Å²) in [6.07, 6.45) is 2.36. The summed E-state index contributed by atoms with van der Waals surface area (Å²) in [5, 5.41) is 6.25. The standard InChI is InChI=1S/C16H18N4O7/c1-5-6-19-12(22)13(23)20(15(19)25)7-10(21)17-16(2,3)11-9(8-27-18-11)14(24)26-4/h5,8H,1,6-7H2,2-4H3,(H,17,21). The molecule has 144 valence electrons. The van der Waals surface area contributed by atoms with Gasteiger partial charge in [-0.2, -0.15) is 0 Å². The Labute approximate surface area is 153 Å². The number of carbonyl (C=O) groups is 5. The van der Waals surface area contributed by atoms with Gasteiger partial charge in [0.1, 0.15) is 24.1 Å². The molecule has 1 fully saturated rings. The number of rotatable bonds is 7. The third-order valence-corrected chi connectivity index (χ3v) is 3.77. The Morgan fingerprint density at radius 3 is 2.52 bits per heavy atom. The quantitative estimate of drug-likeness (QED) is 0.297. The lowest BCUT2D eigenvalue weighted by Gasteiger charge is -2.25. The average Bonchev–Trinajstić information content (AvgIpc) is 3.18. The van der Waals surface area contributed by atoms with Crippen molar-refractivity contribution in [2.45, 2.75) is 19.4 Å². The molecule has 2 heterocycles. The second-order valence-corrected chi connectivity index (χ2v) is 6.12. The van der Waals surface area contributed by atoms with Crippen LogP contribution in [0.4, 0.5) is 4.79 Å². The molecule has 2 rings (SSSR count). The molecule has 0 radical (unpaired) electrons. The highest BCUT2D eigenvalue weighted by molar-refractivity contribution is 6.45. The van der Waals surface area contributed by atoms with Gasteiger partial charge in [0, 0.05) is 6.54 Å². The lowest BCUT2D eigenvalue weighted by atomic mass is 9.97. The van der Waals surface area contributed by atoms with E-state index < -0.39 is 41.8 Å². The molecule has 0 spiro atoms. The minimum Gasteiger partial charge on any atom is -0.465 e. The van der Waals surface area contributed by atoms with Crippen molar-refractivity contribution < 1.29 is 33.2 Å². The largest absolute Gasteiger partial charge is 0.465 e. The van der Waals surface area contributed by atoms with Gasteiger partial charge in [0.2, 0.25) is 5.91 Å². The first kappa shape index (κ1) is 19.8. The average molecular weight is 378 g/mol. The predicted octanol–water partition coefficient (Wildman–Crippen LogP) is -0.211. The fraction of sp³-hybridized carbons (Fsp3) is 0.375. The van der Waals surface area contributed by atoms with Gasteiger partial charge in [0.05, 0.1) is 12.6 Å². The number of hydrogen-bond donors (Lipinski definition) is 1. The Balaban J connectivity index is 2.13. The zero-order chi connectivity index (χ0) is 20.4. The summed E-state index contributed by atoms with van der Waals surface area (Å²) in [7, 11) is 1.18. The maximum atomic E-state index is 12.3. The molecular formula is C16H18N4O7. The molecule has 0 atom stereocenters. The van der Waals surface area contributed by atoms with E-state index in [1.54, 1.807) is 0 Å². The molecule has 11 nitrogen and oxygen atoms in total. The molecule has 0 aromatic carbocycles. The molecule has 1 aliphatic rings. The summed E-state index contributed by atoms with van der Waals surface area (Å²) in [5.74, 6) is -3.58. The van der Waals surface area contributed by atoms with Crippen molar-refractivity contribution in [1.82, 2.24) is 20.3 Å². The van der Waals surface area contributed by atoms with Gasteiger partial charge < -0.3 is 14.6 Å². The molecule has 5 amide bonds. The van der Waals surface area contributed by atoms with Crippen molar-refractivity contribution in [3.8, 4) is 0 Å². The van der Waals surface area contributed by atoms with Crippen LogP contribution in [0.1, 0.15) is 29.9 Å². The number of imide groups is 2. The number of esters is 1. The second-order valence-electron chi connectivity index (χ2n) is 6.12. The highest BCUT2D eigenvalue weighted by Gasteiger charge is 2.45. The summed E-state index contributed by atoms with van der Waals surface area (Å²) in [6.45, 7) is 5.66. The first-order valence-corrected chi connectivity index (χ1v) is 7.76. The molecule has 0 aliphatic carbocycles. The number of amides is 5. The molecule has 27 heavy (non-hydrogen) atoms. The third-order valence-electron chi connectivity index (χ3n) is 3.77. The Morgan fingerprint density at radius 1 is 1.30 bits per heavy atom. The van der Waals surface area contributed by atoms with Crippen LogP contribution in [0.2, 0.25) is 0 Å². The minimum atomic E-state index is -1.19. The van der Waals surface area contributed by atoms with Gasteiger partial charge in [0.25, 0.3) is 0 Å². The number of hydrogen-bond acceptors (Lipinski definition) is 8. The zero-order valence-electron chi connectivity index (χ0n) is 15.0. The second kappa shape index (κ2) is 7.40. The molecular weight excluding hydrogens is 360 g/mol. The van der Waals surface area contributed by atoms with E-state index in [0.29, 0.717) is 9.80 Å². The van der Waals surface area contributed by atoms with Crippen molar-refractivity contribution in [3.05, 3.63) is 30.2 Å². The Morgan fingerprint density at radius 2 is 1.93 bits per heavy atom. The van der Waals surface area contributed by atoms with Crippen LogP contribution >= 0.6 is 0 Å². The normalized spacial score (nSPS) is 14.6. The zero-order valence-corrected chi connectivity index (χ0v) is 15.0. The van der Waals surface area contributed by atoms with Crippen LogP contribution in [0, 0.1) is 0 Å². The van der Waals surface area contributed by atoms with Gasteiger partial charge in [-0.3, -0.25) is 19.3 Å². The van der Waals surface area contributed by atoms with E-state index >= 15 is 0 Å². The van der Waals surface area contributed by atoms with Crippen LogP contribution in [-0.2, 0) is 24.7 Å². The number of carbonyl (C=O) groups excluding carboxylic acids is 5. The number of ether oxygens (including phenoxy) is 1. The van der Waals surface area contributed by atoms with Crippen LogP contribution in [0.15, 0.2) is 23.4 Å². The topological polar surface area (TPSA) is 139 Å². The Kier molecular flexibility index (Phi) is 5.43. The molecule has 1 aliphatic heterocycles. The highest BCUT2D eigenvalue weighted by Crippen LogP contribution is 2.23. The van der Waals surface area contributed by atoms with Gasteiger partial charge >= 0.3 is 23.8 Å². The third kappa shape index (κ3) is 3.71. The fourth-order valence-corrected chi connectivity index (χ4v) is 2.51. The fourth-order valence-electron chi connectivity index (χ4n) is 2.51. The molecule has 11 heteroatoms. The van der Waals surface area contributed by atoms with Gasteiger partial charge in [-0.05, 0) is 13.8 Å². The van der Waals surface area contributed by atoms with E-state index in [2.05, 4.69) is 21.8 Å². The number of urea groups is 1. The molecule has 1 saturated heterocycles. The lowest BCUT2D eigenvalue weighted by molar-refractivity contribution is -0.143. The molecule has 0 unspecified atom stereocenters. The minimum absolute atomic E-state index is 0.0171. The molecule has 1 aromatic heterocycles. The monoisotopic (exact) mass is 378 g/mol. The summed E-state index contributed by atoms with van der Waals surface area (Å²) in [5.41, 5.74) is -1.07. The smallest absolute Gasteiger partial charge is 0.343 e. The predicted molar refractivity (Wildman–Crippen MR) is 88.0 cm³/mol. The maximum absolute atomic E-state index is 12.3. The lowest BCUT2D eigenvalue weighted by Crippen LogP contribution is -2.48. The van der Waals surface area contributed by atoms with Crippen LogP contribution < -0.4 is 5.32 Å². The van der Waals surface area contributed by atoms with E-state index in [0.717, 1.165) is 6.26 Å². The van der Waals surface area contributed by atoms with Crippen molar-refractivity contribution in [3.63, 3.8) is 0 Å². The number of nitrogens with one attached hydrogen (secondary N) is 1. The van der Waals surface area contributed by atoms with E-state index in [4.69, 9.17) is 4.52 Å². The Hall–Kier alpha value is -3.50. The molecule has 0 bridgehead atoms. The highest BCUT2D eigenvalue weighted by atomic mass is 16.5. The molecule has 0 saturated carbocycles. The van der Waals surface area contributed by atoms with Gasteiger partial charge in [0.15, 0.2) is 0 Å². The van der Waals surface area contributed by atoms with Crippen LogP contribution in [-0.4, -0.2) is 64.9 Å². The van der Waals surface area contributed by atoms with E-state index in [1.807, 2.05) is 0 Å². The number of aromatic nitrogens is 1. The van der Waals surface area contributed by atoms with E-state index in [9.17, 15) is 24.0 Å². The van der Waals surface area contributed by atoms with Gasteiger partial charge in [-0.25, -0.2) is 14.5 Å². The van der Waals surface area contributed by atoms with Crippen LogP contribution in [0.3, 0.4) is 0 Å². The van der Waals surface area contributed by atoms with Gasteiger partial charge in [-0.1, -0.05) is 11.2 Å². The van der Waals surface area contributed by atoms with Crippen molar-refractivity contribution in [2.75, 3.05) is 20.2 Å². The number of methoxy groups -OCH3 is 1. The summed E-state index contributed by atoms with van der Waals surface area (Å²) >= 11 is 0. The first-order valence-electron chi connectivity index (χ1n) is 7.76. The summed E-state index contributed by atoms with van der Waals surface area (Å²) in [4.78, 5) is 61.1. The summed E-state index contributed by atoms with van der Waals surface area (Å²) in [6, 6.07) is -0.908. The molecule has 1 N–H and O–H groups in total. The van der Waals surface area contributed by atoms with Crippen molar-refractivity contribution in [2.24, 2.45) is 0 Å².